The maximum absolute atomic E-state index is 4.87. The predicted molar refractivity (Wildman–Crippen MR) is 123 cm³/mol. The quantitative estimate of drug-likeness (QED) is 0.636. The minimum atomic E-state index is 0.782. The van der Waals surface area contributed by atoms with Gasteiger partial charge in [0.25, 0.3) is 0 Å². The van der Waals surface area contributed by atoms with Gasteiger partial charge in [0, 0.05) is 51.0 Å². The topological polar surface area (TPSA) is 56.3 Å². The number of thiophene rings is 1. The molecule has 2 N–H and O–H groups in total. The van der Waals surface area contributed by atoms with Crippen LogP contribution in [0.2, 0.25) is 0 Å². The van der Waals surface area contributed by atoms with E-state index in [9.17, 15) is 0 Å². The van der Waals surface area contributed by atoms with E-state index in [0.29, 0.717) is 0 Å². The Labute approximate surface area is 176 Å². The maximum atomic E-state index is 4.87. The summed E-state index contributed by atoms with van der Waals surface area (Å²) in [4.78, 5) is 14.4. The monoisotopic (exact) mass is 408 g/mol. The molecule has 6 nitrogen and oxygen atoms in total. The summed E-state index contributed by atoms with van der Waals surface area (Å²) in [6.45, 7) is 9.06. The zero-order valence-electron chi connectivity index (χ0n) is 17.3. The molecule has 1 saturated heterocycles. The Balaban J connectivity index is 1.49. The van der Waals surface area contributed by atoms with Gasteiger partial charge in [0.2, 0.25) is 5.95 Å². The maximum Gasteiger partial charge on any atom is 0.229 e. The number of aryl methyl sites for hydroxylation is 1. The Morgan fingerprint density at radius 2 is 1.69 bits per heavy atom. The summed E-state index contributed by atoms with van der Waals surface area (Å²) in [5.41, 5.74) is 4.70. The van der Waals surface area contributed by atoms with E-state index in [-0.39, 0.29) is 0 Å². The highest BCUT2D eigenvalue weighted by Crippen LogP contribution is 2.27. The van der Waals surface area contributed by atoms with Crippen LogP contribution in [0.1, 0.15) is 16.7 Å². The first-order chi connectivity index (χ1) is 14.1. The molecule has 0 radical (unpaired) electrons. The van der Waals surface area contributed by atoms with Crippen molar-refractivity contribution in [1.29, 1.82) is 0 Å². The Hall–Kier alpha value is -2.64. The van der Waals surface area contributed by atoms with Gasteiger partial charge in [0.1, 0.15) is 11.6 Å². The fourth-order valence-electron chi connectivity index (χ4n) is 3.53. The third kappa shape index (κ3) is 4.68. The minimum Gasteiger partial charge on any atom is -0.373 e. The third-order valence-electron chi connectivity index (χ3n) is 5.33. The van der Waals surface area contributed by atoms with Crippen molar-refractivity contribution in [2.75, 3.05) is 48.8 Å². The number of hydrogen-bond acceptors (Lipinski definition) is 7. The number of nitrogens with zero attached hydrogens (tertiary/aromatic N) is 4. The third-order valence-corrected chi connectivity index (χ3v) is 6.06. The second kappa shape index (κ2) is 8.80. The molecule has 4 rings (SSSR count). The fourth-order valence-corrected chi connectivity index (χ4v) is 4.19. The molecule has 7 heteroatoms. The van der Waals surface area contributed by atoms with E-state index in [0.717, 1.165) is 61.6 Å². The van der Waals surface area contributed by atoms with Crippen LogP contribution in [0.25, 0.3) is 0 Å². The molecule has 152 valence electrons. The van der Waals surface area contributed by atoms with Gasteiger partial charge in [-0.1, -0.05) is 17.7 Å². The van der Waals surface area contributed by atoms with Crippen LogP contribution in [0.3, 0.4) is 0 Å². The van der Waals surface area contributed by atoms with Crippen LogP contribution in [0.4, 0.5) is 23.3 Å². The van der Waals surface area contributed by atoms with Gasteiger partial charge in [0.15, 0.2) is 0 Å². The molecular formula is C22H28N6S. The van der Waals surface area contributed by atoms with E-state index in [1.807, 2.05) is 14.0 Å². The average Bonchev–Trinajstić information content (AvgIpc) is 3.25. The smallest absolute Gasteiger partial charge is 0.229 e. The van der Waals surface area contributed by atoms with Gasteiger partial charge < -0.3 is 15.5 Å². The lowest BCUT2D eigenvalue weighted by Gasteiger charge is -2.35. The molecule has 0 aliphatic carbocycles. The average molecular weight is 409 g/mol. The first-order valence-corrected chi connectivity index (χ1v) is 10.9. The van der Waals surface area contributed by atoms with Crippen molar-refractivity contribution in [3.05, 3.63) is 57.8 Å². The standard InChI is InChI=1S/C22H28N6S/c1-16-4-6-19(7-5-16)24-21-17(2)20(23-3)25-22(26-21)28-11-9-27(10-12-28)14-18-8-13-29-15-18/h4-8,13,15H,9-12,14H2,1-3H3,(H2,23,24,25,26). The van der Waals surface area contributed by atoms with Crippen LogP contribution >= 0.6 is 11.3 Å². The van der Waals surface area contributed by atoms with Crippen molar-refractivity contribution in [3.8, 4) is 0 Å². The molecule has 0 unspecified atom stereocenters. The van der Waals surface area contributed by atoms with Crippen molar-refractivity contribution in [2.45, 2.75) is 20.4 Å². The number of piperazine rings is 1. The summed E-state index contributed by atoms with van der Waals surface area (Å²) < 4.78 is 0. The van der Waals surface area contributed by atoms with Crippen LogP contribution in [-0.4, -0.2) is 48.1 Å². The highest BCUT2D eigenvalue weighted by atomic mass is 32.1. The first kappa shape index (κ1) is 19.7. The molecule has 1 aliphatic rings. The lowest BCUT2D eigenvalue weighted by Crippen LogP contribution is -2.46. The fraction of sp³-hybridized carbons (Fsp3) is 0.364. The summed E-state index contributed by atoms with van der Waals surface area (Å²) in [6.07, 6.45) is 0. The lowest BCUT2D eigenvalue weighted by atomic mass is 10.2. The van der Waals surface area contributed by atoms with Gasteiger partial charge in [0.05, 0.1) is 0 Å². The number of rotatable bonds is 6. The highest BCUT2D eigenvalue weighted by molar-refractivity contribution is 7.07. The predicted octanol–water partition coefficient (Wildman–Crippen LogP) is 4.26. The van der Waals surface area contributed by atoms with Crippen molar-refractivity contribution < 1.29 is 0 Å². The van der Waals surface area contributed by atoms with E-state index < -0.39 is 0 Å². The summed E-state index contributed by atoms with van der Waals surface area (Å²) in [6, 6.07) is 10.6. The molecule has 0 saturated carbocycles. The second-order valence-electron chi connectivity index (χ2n) is 7.48. The first-order valence-electron chi connectivity index (χ1n) is 10.0. The van der Waals surface area contributed by atoms with Crippen LogP contribution in [0, 0.1) is 13.8 Å². The van der Waals surface area contributed by atoms with Crippen molar-refractivity contribution in [3.63, 3.8) is 0 Å². The molecule has 3 aromatic rings. The molecule has 29 heavy (non-hydrogen) atoms. The van der Waals surface area contributed by atoms with Crippen LogP contribution in [0.15, 0.2) is 41.1 Å². The second-order valence-corrected chi connectivity index (χ2v) is 8.26. The van der Waals surface area contributed by atoms with Gasteiger partial charge in [-0.05, 0) is 48.4 Å². The van der Waals surface area contributed by atoms with Crippen LogP contribution in [-0.2, 0) is 6.54 Å². The molecule has 0 spiro atoms. The van der Waals surface area contributed by atoms with E-state index in [1.54, 1.807) is 11.3 Å². The summed E-state index contributed by atoms with van der Waals surface area (Å²) in [5, 5.41) is 11.1. The summed E-state index contributed by atoms with van der Waals surface area (Å²) in [7, 11) is 1.91. The lowest BCUT2D eigenvalue weighted by molar-refractivity contribution is 0.249. The van der Waals surface area contributed by atoms with E-state index in [1.165, 1.54) is 11.1 Å². The zero-order valence-corrected chi connectivity index (χ0v) is 18.1. The van der Waals surface area contributed by atoms with E-state index in [2.05, 4.69) is 68.4 Å². The molecule has 0 bridgehead atoms. The SMILES string of the molecule is CNc1nc(N2CCN(Cc3ccsc3)CC2)nc(Nc2ccc(C)cc2)c1C. The Morgan fingerprint density at radius 3 is 2.34 bits per heavy atom. The van der Waals surface area contributed by atoms with Gasteiger partial charge in [-0.2, -0.15) is 21.3 Å². The number of hydrogen-bond donors (Lipinski definition) is 2. The van der Waals surface area contributed by atoms with E-state index in [4.69, 9.17) is 9.97 Å². The minimum absolute atomic E-state index is 0.782. The van der Waals surface area contributed by atoms with Gasteiger partial charge in [-0.25, -0.2) is 0 Å². The van der Waals surface area contributed by atoms with Crippen molar-refractivity contribution in [1.82, 2.24) is 14.9 Å². The Bertz CT molecular complexity index is 931. The highest BCUT2D eigenvalue weighted by Gasteiger charge is 2.21. The Morgan fingerprint density at radius 1 is 0.966 bits per heavy atom. The molecular weight excluding hydrogens is 380 g/mol. The molecule has 1 fully saturated rings. The molecule has 0 amide bonds. The normalized spacial score (nSPS) is 14.8. The number of aromatic nitrogens is 2. The molecule has 3 heterocycles. The molecule has 2 aromatic heterocycles. The molecule has 0 atom stereocenters. The number of anilines is 4. The molecule has 1 aliphatic heterocycles. The Kier molecular flexibility index (Phi) is 5.97. The van der Waals surface area contributed by atoms with Gasteiger partial charge >= 0.3 is 0 Å². The van der Waals surface area contributed by atoms with Crippen LogP contribution in [0.5, 0.6) is 0 Å². The zero-order chi connectivity index (χ0) is 20.2. The van der Waals surface area contributed by atoms with E-state index >= 15 is 0 Å². The number of benzene rings is 1. The van der Waals surface area contributed by atoms with Gasteiger partial charge in [-0.15, -0.1) is 0 Å². The van der Waals surface area contributed by atoms with Gasteiger partial charge in [-0.3, -0.25) is 4.90 Å². The molecule has 1 aromatic carbocycles. The number of nitrogens with one attached hydrogen (secondary N) is 2. The van der Waals surface area contributed by atoms with Crippen molar-refractivity contribution in [2.24, 2.45) is 0 Å². The summed E-state index contributed by atoms with van der Waals surface area (Å²) in [5.74, 6) is 2.50. The van der Waals surface area contributed by atoms with Crippen LogP contribution < -0.4 is 15.5 Å². The summed E-state index contributed by atoms with van der Waals surface area (Å²) >= 11 is 1.76. The largest absolute Gasteiger partial charge is 0.373 e. The van der Waals surface area contributed by atoms with Crippen molar-refractivity contribution >= 4 is 34.6 Å².